The first-order valence-electron chi connectivity index (χ1n) is 7.79. The Morgan fingerprint density at radius 3 is 2.29 bits per heavy atom. The minimum absolute atomic E-state index is 0. The maximum Gasteiger partial charge on any atom is 0.191 e. The Balaban J connectivity index is 0.00000208. The summed E-state index contributed by atoms with van der Waals surface area (Å²) in [5.74, 6) is 0.823. The van der Waals surface area contributed by atoms with Gasteiger partial charge in [0.1, 0.15) is 0 Å². The van der Waals surface area contributed by atoms with E-state index in [1.807, 2.05) is 0 Å². The number of halogens is 1. The SMILES string of the molecule is CN=C(NCc1ccc(N2CC=CC2)cc1)NCc1ccsc1.I. The van der Waals surface area contributed by atoms with E-state index in [1.165, 1.54) is 16.8 Å². The Kier molecular flexibility index (Phi) is 7.58. The third-order valence-corrected chi connectivity index (χ3v) is 4.58. The predicted molar refractivity (Wildman–Crippen MR) is 115 cm³/mol. The van der Waals surface area contributed by atoms with E-state index in [0.29, 0.717) is 0 Å². The molecule has 2 heterocycles. The van der Waals surface area contributed by atoms with E-state index in [-0.39, 0.29) is 24.0 Å². The number of anilines is 1. The van der Waals surface area contributed by atoms with E-state index in [1.54, 1.807) is 18.4 Å². The molecule has 128 valence electrons. The molecule has 0 saturated carbocycles. The third kappa shape index (κ3) is 5.24. The van der Waals surface area contributed by atoms with Crippen LogP contribution in [0.25, 0.3) is 0 Å². The number of hydrogen-bond acceptors (Lipinski definition) is 3. The van der Waals surface area contributed by atoms with E-state index in [4.69, 9.17) is 0 Å². The molecule has 0 fully saturated rings. The molecule has 2 aromatic rings. The van der Waals surface area contributed by atoms with Crippen LogP contribution < -0.4 is 15.5 Å². The standard InChI is InChI=1S/C18H22N4S.HI/c1-19-18(21-13-16-8-11-23-14-16)20-12-15-4-6-17(7-5-15)22-9-2-3-10-22;/h2-8,11,14H,9-10,12-13H2,1H3,(H2,19,20,21);1H. The number of hydrogen-bond donors (Lipinski definition) is 2. The second kappa shape index (κ2) is 9.68. The first kappa shape index (κ1) is 18.8. The molecule has 0 spiro atoms. The van der Waals surface area contributed by atoms with Gasteiger partial charge in [0, 0.05) is 38.9 Å². The molecule has 3 rings (SSSR count). The van der Waals surface area contributed by atoms with Crippen molar-refractivity contribution in [3.63, 3.8) is 0 Å². The molecule has 2 N–H and O–H groups in total. The summed E-state index contributed by atoms with van der Waals surface area (Å²) in [6, 6.07) is 10.8. The fourth-order valence-electron chi connectivity index (χ4n) is 2.50. The summed E-state index contributed by atoms with van der Waals surface area (Å²) in [6.45, 7) is 3.58. The van der Waals surface area contributed by atoms with Crippen LogP contribution in [-0.2, 0) is 13.1 Å². The lowest BCUT2D eigenvalue weighted by molar-refractivity contribution is 0.810. The monoisotopic (exact) mass is 454 g/mol. The number of nitrogens with zero attached hydrogens (tertiary/aromatic N) is 2. The van der Waals surface area contributed by atoms with Crippen molar-refractivity contribution in [2.45, 2.75) is 13.1 Å². The summed E-state index contributed by atoms with van der Waals surface area (Å²) in [4.78, 5) is 6.61. The largest absolute Gasteiger partial charge is 0.364 e. The predicted octanol–water partition coefficient (Wildman–Crippen LogP) is 3.61. The Morgan fingerprint density at radius 2 is 1.71 bits per heavy atom. The molecule has 0 bridgehead atoms. The van der Waals surface area contributed by atoms with E-state index in [9.17, 15) is 0 Å². The number of nitrogens with one attached hydrogen (secondary N) is 2. The topological polar surface area (TPSA) is 39.7 Å². The molecule has 0 atom stereocenters. The van der Waals surface area contributed by atoms with Gasteiger partial charge in [-0.25, -0.2) is 0 Å². The maximum absolute atomic E-state index is 4.26. The van der Waals surface area contributed by atoms with Crippen LogP contribution in [0.5, 0.6) is 0 Å². The van der Waals surface area contributed by atoms with E-state index >= 15 is 0 Å². The summed E-state index contributed by atoms with van der Waals surface area (Å²) in [7, 11) is 1.80. The molecular formula is C18H23IN4S. The van der Waals surface area contributed by atoms with E-state index < -0.39 is 0 Å². The zero-order valence-electron chi connectivity index (χ0n) is 13.7. The van der Waals surface area contributed by atoms with Crippen molar-refractivity contribution in [3.05, 3.63) is 64.4 Å². The molecule has 0 unspecified atom stereocenters. The molecule has 24 heavy (non-hydrogen) atoms. The molecule has 1 aliphatic heterocycles. The minimum atomic E-state index is 0. The highest BCUT2D eigenvalue weighted by molar-refractivity contribution is 14.0. The van der Waals surface area contributed by atoms with Gasteiger partial charge in [0.15, 0.2) is 5.96 Å². The Bertz CT molecular complexity index is 657. The minimum Gasteiger partial charge on any atom is -0.364 e. The van der Waals surface area contributed by atoms with Crippen molar-refractivity contribution in [3.8, 4) is 0 Å². The van der Waals surface area contributed by atoms with Crippen LogP contribution in [0.1, 0.15) is 11.1 Å². The van der Waals surface area contributed by atoms with E-state index in [0.717, 1.165) is 32.1 Å². The molecule has 1 aliphatic rings. The molecular weight excluding hydrogens is 431 g/mol. The molecule has 6 heteroatoms. The number of guanidine groups is 1. The van der Waals surface area contributed by atoms with Crippen molar-refractivity contribution in [1.29, 1.82) is 0 Å². The lowest BCUT2D eigenvalue weighted by Crippen LogP contribution is -2.36. The van der Waals surface area contributed by atoms with Gasteiger partial charge in [-0.15, -0.1) is 24.0 Å². The van der Waals surface area contributed by atoms with Gasteiger partial charge in [-0.3, -0.25) is 4.99 Å². The van der Waals surface area contributed by atoms with Gasteiger partial charge in [0.25, 0.3) is 0 Å². The second-order valence-electron chi connectivity index (χ2n) is 5.45. The molecule has 0 amide bonds. The highest BCUT2D eigenvalue weighted by atomic mass is 127. The number of thiophene rings is 1. The summed E-state index contributed by atoms with van der Waals surface area (Å²) in [6.07, 6.45) is 4.41. The molecule has 0 saturated heterocycles. The van der Waals surface area contributed by atoms with Crippen LogP contribution >= 0.6 is 35.3 Å². The summed E-state index contributed by atoms with van der Waals surface area (Å²) in [5.41, 5.74) is 3.81. The first-order chi connectivity index (χ1) is 11.3. The Morgan fingerprint density at radius 1 is 1.04 bits per heavy atom. The average molecular weight is 454 g/mol. The zero-order valence-corrected chi connectivity index (χ0v) is 16.9. The second-order valence-corrected chi connectivity index (χ2v) is 6.23. The molecule has 0 radical (unpaired) electrons. The summed E-state index contributed by atoms with van der Waals surface area (Å²) < 4.78 is 0. The van der Waals surface area contributed by atoms with E-state index in [2.05, 4.69) is 73.8 Å². The Labute approximate surface area is 164 Å². The summed E-state index contributed by atoms with van der Waals surface area (Å²) in [5, 5.41) is 10.9. The highest BCUT2D eigenvalue weighted by Gasteiger charge is 2.07. The fraction of sp³-hybridized carbons (Fsp3) is 0.278. The molecule has 4 nitrogen and oxygen atoms in total. The van der Waals surface area contributed by atoms with Crippen LogP contribution in [0.4, 0.5) is 5.69 Å². The third-order valence-electron chi connectivity index (χ3n) is 3.84. The number of benzene rings is 1. The number of aliphatic imine (C=N–C) groups is 1. The van der Waals surface area contributed by atoms with Crippen LogP contribution in [-0.4, -0.2) is 26.1 Å². The lowest BCUT2D eigenvalue weighted by Gasteiger charge is -2.18. The van der Waals surface area contributed by atoms with Crippen molar-refractivity contribution >= 4 is 47.0 Å². The highest BCUT2D eigenvalue weighted by Crippen LogP contribution is 2.17. The van der Waals surface area contributed by atoms with Crippen molar-refractivity contribution in [2.75, 3.05) is 25.0 Å². The van der Waals surface area contributed by atoms with Crippen molar-refractivity contribution < 1.29 is 0 Å². The summed E-state index contributed by atoms with van der Waals surface area (Å²) >= 11 is 1.71. The molecule has 0 aliphatic carbocycles. The quantitative estimate of drug-likeness (QED) is 0.314. The first-order valence-corrected chi connectivity index (χ1v) is 8.74. The van der Waals surface area contributed by atoms with Gasteiger partial charge in [-0.2, -0.15) is 11.3 Å². The zero-order chi connectivity index (χ0) is 15.9. The maximum atomic E-state index is 4.26. The molecule has 1 aromatic carbocycles. The van der Waals surface area contributed by atoms with Crippen molar-refractivity contribution in [2.24, 2.45) is 4.99 Å². The Hall–Kier alpha value is -1.54. The normalized spacial score (nSPS) is 13.7. The van der Waals surface area contributed by atoms with Gasteiger partial charge in [-0.05, 0) is 40.1 Å². The smallest absolute Gasteiger partial charge is 0.191 e. The number of rotatable bonds is 5. The van der Waals surface area contributed by atoms with Crippen molar-refractivity contribution in [1.82, 2.24) is 10.6 Å². The van der Waals surface area contributed by atoms with Gasteiger partial charge in [-0.1, -0.05) is 24.3 Å². The van der Waals surface area contributed by atoms with Crippen LogP contribution in [0.3, 0.4) is 0 Å². The van der Waals surface area contributed by atoms with Gasteiger partial charge in [0.2, 0.25) is 0 Å². The van der Waals surface area contributed by atoms with Gasteiger partial charge in [0.05, 0.1) is 0 Å². The van der Waals surface area contributed by atoms with Gasteiger partial charge >= 0.3 is 0 Å². The average Bonchev–Trinajstić information content (AvgIpc) is 3.29. The van der Waals surface area contributed by atoms with Crippen LogP contribution in [0, 0.1) is 0 Å². The fourth-order valence-corrected chi connectivity index (χ4v) is 3.17. The molecule has 1 aromatic heterocycles. The van der Waals surface area contributed by atoms with Gasteiger partial charge < -0.3 is 15.5 Å². The van der Waals surface area contributed by atoms with Crippen LogP contribution in [0.2, 0.25) is 0 Å². The van der Waals surface area contributed by atoms with Crippen LogP contribution in [0.15, 0.2) is 58.2 Å². The lowest BCUT2D eigenvalue weighted by atomic mass is 10.2.